The third kappa shape index (κ3) is 7.25. The quantitative estimate of drug-likeness (QED) is 0.376. The molecule has 1 unspecified atom stereocenters. The number of hydrogen-bond donors (Lipinski definition) is 1. The van der Waals surface area contributed by atoms with Crippen molar-refractivity contribution in [2.75, 3.05) is 52.3 Å². The molecular formula is C29H32ClN3O5. The van der Waals surface area contributed by atoms with Crippen LogP contribution >= 0.6 is 11.6 Å². The molecule has 1 N–H and O–H groups in total. The number of piperazine rings is 1. The summed E-state index contributed by atoms with van der Waals surface area (Å²) in [4.78, 5) is 29.0. The predicted octanol–water partition coefficient (Wildman–Crippen LogP) is 5.24. The van der Waals surface area contributed by atoms with Gasteiger partial charge in [0.1, 0.15) is 5.75 Å². The molecule has 2 amide bonds. The Morgan fingerprint density at radius 2 is 1.71 bits per heavy atom. The van der Waals surface area contributed by atoms with E-state index in [1.54, 1.807) is 36.3 Å². The van der Waals surface area contributed by atoms with E-state index in [0.717, 1.165) is 16.9 Å². The number of rotatable bonds is 9. The van der Waals surface area contributed by atoms with E-state index in [9.17, 15) is 9.59 Å². The van der Waals surface area contributed by atoms with Gasteiger partial charge in [-0.25, -0.2) is 9.59 Å². The van der Waals surface area contributed by atoms with Gasteiger partial charge in [0.2, 0.25) is 0 Å². The zero-order valence-corrected chi connectivity index (χ0v) is 22.3. The highest BCUT2D eigenvalue weighted by atomic mass is 35.5. The van der Waals surface area contributed by atoms with Crippen LogP contribution in [-0.2, 0) is 16.1 Å². The smallest absolute Gasteiger partial charge is 0.339 e. The number of ether oxygens (including phenoxy) is 3. The Balaban J connectivity index is 1.38. The first kappa shape index (κ1) is 27.4. The topological polar surface area (TPSA) is 80.3 Å². The first-order valence-corrected chi connectivity index (χ1v) is 12.8. The zero-order valence-electron chi connectivity index (χ0n) is 21.6. The summed E-state index contributed by atoms with van der Waals surface area (Å²) in [5.74, 6) is 0.277. The van der Waals surface area contributed by atoms with Crippen molar-refractivity contribution in [2.45, 2.75) is 12.7 Å². The lowest BCUT2D eigenvalue weighted by molar-refractivity contribution is 0.00584. The summed E-state index contributed by atoms with van der Waals surface area (Å²) in [5, 5.41) is 3.52. The summed E-state index contributed by atoms with van der Waals surface area (Å²) in [6.07, 6.45) is -0.198. The SMILES string of the molecule is COC(=O)c1ccccc1NC(=O)N1CCN(CC(OCc2cccc(Cl)c2)c2cccc(OC)c2)CC1. The maximum atomic E-state index is 12.9. The fourth-order valence-electron chi connectivity index (χ4n) is 4.36. The van der Waals surface area contributed by atoms with Crippen LogP contribution in [0.3, 0.4) is 0 Å². The van der Waals surface area contributed by atoms with Gasteiger partial charge in [-0.15, -0.1) is 0 Å². The van der Waals surface area contributed by atoms with Crippen LogP contribution in [0.2, 0.25) is 5.02 Å². The van der Waals surface area contributed by atoms with Gasteiger partial charge < -0.3 is 24.4 Å². The third-order valence-corrected chi connectivity index (χ3v) is 6.70. The summed E-state index contributed by atoms with van der Waals surface area (Å²) >= 11 is 6.15. The molecule has 1 aliphatic rings. The van der Waals surface area contributed by atoms with Crippen molar-refractivity contribution in [3.63, 3.8) is 0 Å². The van der Waals surface area contributed by atoms with E-state index in [1.807, 2.05) is 48.5 Å². The molecule has 1 saturated heterocycles. The van der Waals surface area contributed by atoms with E-state index in [0.29, 0.717) is 55.6 Å². The van der Waals surface area contributed by atoms with Crippen molar-refractivity contribution in [1.29, 1.82) is 0 Å². The molecule has 38 heavy (non-hydrogen) atoms. The van der Waals surface area contributed by atoms with Crippen molar-refractivity contribution in [2.24, 2.45) is 0 Å². The van der Waals surface area contributed by atoms with Gasteiger partial charge in [-0.2, -0.15) is 0 Å². The molecule has 3 aromatic carbocycles. The molecule has 8 nitrogen and oxygen atoms in total. The molecule has 3 aromatic rings. The zero-order chi connectivity index (χ0) is 26.9. The summed E-state index contributed by atoms with van der Waals surface area (Å²) in [5.41, 5.74) is 2.77. The number of esters is 1. The van der Waals surface area contributed by atoms with Crippen LogP contribution in [0.5, 0.6) is 5.75 Å². The van der Waals surface area contributed by atoms with E-state index in [-0.39, 0.29) is 12.1 Å². The fraction of sp³-hybridized carbons (Fsp3) is 0.310. The van der Waals surface area contributed by atoms with Crippen LogP contribution in [0.15, 0.2) is 72.8 Å². The first-order chi connectivity index (χ1) is 18.5. The Hall–Kier alpha value is -3.59. The number of hydrogen-bond acceptors (Lipinski definition) is 6. The van der Waals surface area contributed by atoms with Gasteiger partial charge in [-0.1, -0.05) is 48.0 Å². The fourth-order valence-corrected chi connectivity index (χ4v) is 4.57. The van der Waals surface area contributed by atoms with Crippen molar-refractivity contribution in [3.8, 4) is 5.75 Å². The molecule has 1 heterocycles. The lowest BCUT2D eigenvalue weighted by Crippen LogP contribution is -2.51. The summed E-state index contributed by atoms with van der Waals surface area (Å²) in [6.45, 7) is 3.55. The number of carbonyl (C=O) groups is 2. The molecule has 0 bridgehead atoms. The minimum Gasteiger partial charge on any atom is -0.497 e. The highest BCUT2D eigenvalue weighted by Gasteiger charge is 2.25. The van der Waals surface area contributed by atoms with Crippen molar-refractivity contribution < 1.29 is 23.8 Å². The van der Waals surface area contributed by atoms with Crippen molar-refractivity contribution in [3.05, 3.63) is 94.5 Å². The molecule has 4 rings (SSSR count). The van der Waals surface area contributed by atoms with E-state index in [4.69, 9.17) is 25.8 Å². The highest BCUT2D eigenvalue weighted by molar-refractivity contribution is 6.30. The third-order valence-electron chi connectivity index (χ3n) is 6.46. The Bertz CT molecular complexity index is 1250. The number of anilines is 1. The minimum absolute atomic E-state index is 0.198. The van der Waals surface area contributed by atoms with Gasteiger partial charge in [0, 0.05) is 37.7 Å². The molecule has 0 radical (unpaired) electrons. The van der Waals surface area contributed by atoms with E-state index < -0.39 is 5.97 Å². The Labute approximate surface area is 228 Å². The summed E-state index contributed by atoms with van der Waals surface area (Å²) in [7, 11) is 2.96. The maximum Gasteiger partial charge on any atom is 0.339 e. The molecule has 200 valence electrons. The molecular weight excluding hydrogens is 506 g/mol. The summed E-state index contributed by atoms with van der Waals surface area (Å²) < 4.78 is 16.6. The molecule has 0 saturated carbocycles. The maximum absolute atomic E-state index is 12.9. The van der Waals surface area contributed by atoms with Gasteiger partial charge >= 0.3 is 12.0 Å². The van der Waals surface area contributed by atoms with Crippen LogP contribution in [0.4, 0.5) is 10.5 Å². The van der Waals surface area contributed by atoms with Crippen LogP contribution in [0.25, 0.3) is 0 Å². The van der Waals surface area contributed by atoms with Crippen LogP contribution in [0, 0.1) is 0 Å². The van der Waals surface area contributed by atoms with E-state index in [1.165, 1.54) is 7.11 Å². The summed E-state index contributed by atoms with van der Waals surface area (Å²) in [6, 6.07) is 22.1. The normalized spacial score (nSPS) is 14.6. The minimum atomic E-state index is -0.493. The Morgan fingerprint density at radius 1 is 0.947 bits per heavy atom. The second-order valence-electron chi connectivity index (χ2n) is 8.96. The number of benzene rings is 3. The number of nitrogens with zero attached hydrogens (tertiary/aromatic N) is 2. The average molecular weight is 538 g/mol. The second-order valence-corrected chi connectivity index (χ2v) is 9.40. The van der Waals surface area contributed by atoms with Crippen molar-refractivity contribution >= 4 is 29.3 Å². The lowest BCUT2D eigenvalue weighted by Gasteiger charge is -2.36. The predicted molar refractivity (Wildman–Crippen MR) is 147 cm³/mol. The number of nitrogens with one attached hydrogen (secondary N) is 1. The molecule has 9 heteroatoms. The Kier molecular flexibility index (Phi) is 9.59. The van der Waals surface area contributed by atoms with E-state index in [2.05, 4.69) is 10.2 Å². The molecule has 1 fully saturated rings. The standard InChI is InChI=1S/C29H32ClN3O5/c1-36-24-10-6-8-22(18-24)27(38-20-21-7-5-9-23(30)17-21)19-32-13-15-33(16-14-32)29(35)31-26-12-4-3-11-25(26)28(34)37-2/h3-12,17-18,27H,13-16,19-20H2,1-2H3,(H,31,35). The van der Waals surface area contributed by atoms with Crippen molar-refractivity contribution in [1.82, 2.24) is 9.80 Å². The van der Waals surface area contributed by atoms with Gasteiger partial charge in [-0.3, -0.25) is 4.90 Å². The second kappa shape index (κ2) is 13.3. The van der Waals surface area contributed by atoms with Crippen LogP contribution in [-0.4, -0.2) is 68.7 Å². The molecule has 0 aromatic heterocycles. The molecule has 1 aliphatic heterocycles. The van der Waals surface area contributed by atoms with Gasteiger partial charge in [0.25, 0.3) is 0 Å². The van der Waals surface area contributed by atoms with Crippen LogP contribution in [0.1, 0.15) is 27.6 Å². The number of urea groups is 1. The average Bonchev–Trinajstić information content (AvgIpc) is 2.95. The number of para-hydroxylation sites is 1. The first-order valence-electron chi connectivity index (χ1n) is 12.4. The number of amides is 2. The van der Waals surface area contributed by atoms with Crippen LogP contribution < -0.4 is 10.1 Å². The van der Waals surface area contributed by atoms with Gasteiger partial charge in [0.15, 0.2) is 0 Å². The molecule has 0 spiro atoms. The molecule has 1 atom stereocenters. The lowest BCUT2D eigenvalue weighted by atomic mass is 10.1. The number of carbonyl (C=O) groups excluding carboxylic acids is 2. The largest absolute Gasteiger partial charge is 0.497 e. The number of halogens is 1. The number of methoxy groups -OCH3 is 2. The van der Waals surface area contributed by atoms with E-state index >= 15 is 0 Å². The molecule has 0 aliphatic carbocycles. The monoisotopic (exact) mass is 537 g/mol. The highest BCUT2D eigenvalue weighted by Crippen LogP contribution is 2.26. The van der Waals surface area contributed by atoms with Gasteiger partial charge in [-0.05, 0) is 47.5 Å². The Morgan fingerprint density at radius 3 is 2.45 bits per heavy atom. The van der Waals surface area contributed by atoms with Gasteiger partial charge in [0.05, 0.1) is 38.2 Å².